The Kier molecular flexibility index (Phi) is 6.43. The van der Waals surface area contributed by atoms with E-state index < -0.39 is 15.4 Å². The van der Waals surface area contributed by atoms with Crippen molar-refractivity contribution in [3.63, 3.8) is 0 Å². The van der Waals surface area contributed by atoms with Crippen LogP contribution in [0.5, 0.6) is 0 Å². The van der Waals surface area contributed by atoms with Crippen LogP contribution >= 0.6 is 0 Å². The Hall–Kier alpha value is -3.70. The Morgan fingerprint density at radius 1 is 0.727 bits per heavy atom. The predicted molar refractivity (Wildman–Crippen MR) is 131 cm³/mol. The minimum Gasteiger partial charge on any atom is -0.339 e. The van der Waals surface area contributed by atoms with E-state index in [9.17, 15) is 13.2 Å². The van der Waals surface area contributed by atoms with Crippen LogP contribution in [0.4, 0.5) is 0 Å². The highest BCUT2D eigenvalue weighted by Crippen LogP contribution is 2.29. The molecular weight excluding hydrogens is 430 g/mol. The van der Waals surface area contributed by atoms with Gasteiger partial charge in [-0.1, -0.05) is 91.0 Å². The molecule has 0 aliphatic rings. The van der Waals surface area contributed by atoms with Crippen LogP contribution in [0.15, 0.2) is 120 Å². The standard InChI is InChI=1S/C28H25NO3S/c1-28(24-14-5-2-6-15-24,25-16-7-3-8-17-25)29-27(30)23-13-11-12-22(20-23)21-33(31,32)26-18-9-4-10-19-26/h2-20H,21H2,1H3,(H,29,30). The summed E-state index contributed by atoms with van der Waals surface area (Å²) in [4.78, 5) is 13.6. The van der Waals surface area contributed by atoms with E-state index in [0.717, 1.165) is 11.1 Å². The molecule has 0 bridgehead atoms. The van der Waals surface area contributed by atoms with Crippen molar-refractivity contribution in [2.75, 3.05) is 0 Å². The molecule has 4 aromatic rings. The van der Waals surface area contributed by atoms with Gasteiger partial charge in [-0.25, -0.2) is 8.42 Å². The van der Waals surface area contributed by atoms with Crippen molar-refractivity contribution in [1.29, 1.82) is 0 Å². The zero-order chi connectivity index (χ0) is 23.3. The second kappa shape index (κ2) is 9.43. The maximum Gasteiger partial charge on any atom is 0.252 e. The van der Waals surface area contributed by atoms with E-state index in [1.165, 1.54) is 0 Å². The minimum absolute atomic E-state index is 0.174. The first-order valence-corrected chi connectivity index (χ1v) is 12.3. The largest absolute Gasteiger partial charge is 0.339 e. The van der Waals surface area contributed by atoms with Crippen LogP contribution in [-0.2, 0) is 21.1 Å². The van der Waals surface area contributed by atoms with E-state index in [2.05, 4.69) is 5.32 Å². The Labute approximate surface area is 194 Å². The van der Waals surface area contributed by atoms with Crippen molar-refractivity contribution in [1.82, 2.24) is 5.32 Å². The molecule has 0 saturated heterocycles. The fourth-order valence-corrected chi connectivity index (χ4v) is 5.24. The number of carbonyl (C=O) groups excluding carboxylic acids is 1. The van der Waals surface area contributed by atoms with Crippen molar-refractivity contribution in [2.24, 2.45) is 0 Å². The van der Waals surface area contributed by atoms with Crippen LogP contribution in [-0.4, -0.2) is 14.3 Å². The lowest BCUT2D eigenvalue weighted by Crippen LogP contribution is -2.44. The van der Waals surface area contributed by atoms with E-state index in [4.69, 9.17) is 0 Å². The number of hydrogen-bond acceptors (Lipinski definition) is 3. The molecule has 1 N–H and O–H groups in total. The van der Waals surface area contributed by atoms with Crippen LogP contribution in [0.3, 0.4) is 0 Å². The highest BCUT2D eigenvalue weighted by molar-refractivity contribution is 7.90. The molecule has 0 spiro atoms. The van der Waals surface area contributed by atoms with Crippen LogP contribution in [0.1, 0.15) is 34.0 Å². The Bertz CT molecular complexity index is 1300. The van der Waals surface area contributed by atoms with Gasteiger partial charge in [0.1, 0.15) is 0 Å². The maximum absolute atomic E-state index is 13.3. The quantitative estimate of drug-likeness (QED) is 0.408. The molecule has 4 nitrogen and oxygen atoms in total. The molecule has 0 unspecified atom stereocenters. The Morgan fingerprint density at radius 2 is 1.24 bits per heavy atom. The number of sulfone groups is 1. The number of benzene rings is 4. The number of hydrogen-bond donors (Lipinski definition) is 1. The highest BCUT2D eigenvalue weighted by Gasteiger charge is 2.31. The lowest BCUT2D eigenvalue weighted by atomic mass is 9.84. The van der Waals surface area contributed by atoms with Gasteiger partial charge in [0.15, 0.2) is 9.84 Å². The molecule has 4 aromatic carbocycles. The third-order valence-corrected chi connectivity index (χ3v) is 7.42. The van der Waals surface area contributed by atoms with Crippen molar-refractivity contribution in [3.05, 3.63) is 138 Å². The van der Waals surface area contributed by atoms with E-state index >= 15 is 0 Å². The number of carbonyl (C=O) groups is 1. The van der Waals surface area contributed by atoms with Crippen LogP contribution in [0, 0.1) is 0 Å². The van der Waals surface area contributed by atoms with Gasteiger partial charge >= 0.3 is 0 Å². The van der Waals surface area contributed by atoms with Gasteiger partial charge in [-0.05, 0) is 47.9 Å². The second-order valence-corrected chi connectivity index (χ2v) is 10.1. The fourth-order valence-electron chi connectivity index (χ4n) is 3.89. The summed E-state index contributed by atoms with van der Waals surface area (Å²) in [6.45, 7) is 1.97. The second-order valence-electron chi connectivity index (χ2n) is 8.08. The van der Waals surface area contributed by atoms with Crippen molar-refractivity contribution < 1.29 is 13.2 Å². The summed E-state index contributed by atoms with van der Waals surface area (Å²) in [6, 6.07) is 34.7. The lowest BCUT2D eigenvalue weighted by molar-refractivity contribution is 0.0919. The zero-order valence-corrected chi connectivity index (χ0v) is 19.1. The van der Waals surface area contributed by atoms with Crippen LogP contribution in [0.2, 0.25) is 0 Å². The van der Waals surface area contributed by atoms with Crippen LogP contribution in [0.25, 0.3) is 0 Å². The molecular formula is C28H25NO3S. The number of nitrogens with one attached hydrogen (secondary N) is 1. The molecule has 166 valence electrons. The Morgan fingerprint density at radius 3 is 1.79 bits per heavy atom. The predicted octanol–water partition coefficient (Wildman–Crippen LogP) is 5.35. The molecule has 0 aromatic heterocycles. The van der Waals surface area contributed by atoms with Gasteiger partial charge in [-0.2, -0.15) is 0 Å². The summed E-state index contributed by atoms with van der Waals surface area (Å²) in [5, 5.41) is 3.18. The Balaban J connectivity index is 1.63. The highest BCUT2D eigenvalue weighted by atomic mass is 32.2. The summed E-state index contributed by atoms with van der Waals surface area (Å²) < 4.78 is 25.6. The van der Waals surface area contributed by atoms with Gasteiger partial charge in [0.2, 0.25) is 0 Å². The molecule has 0 atom stereocenters. The first-order chi connectivity index (χ1) is 15.9. The SMILES string of the molecule is CC(NC(=O)c1cccc(CS(=O)(=O)c2ccccc2)c1)(c1ccccc1)c1ccccc1. The fraction of sp³-hybridized carbons (Fsp3) is 0.107. The van der Waals surface area contributed by atoms with Crippen LogP contribution < -0.4 is 5.32 Å². The molecule has 5 heteroatoms. The van der Waals surface area contributed by atoms with E-state index in [1.807, 2.05) is 67.6 Å². The normalized spacial score (nSPS) is 11.7. The lowest BCUT2D eigenvalue weighted by Gasteiger charge is -2.32. The summed E-state index contributed by atoms with van der Waals surface area (Å²) in [6.07, 6.45) is 0. The molecule has 1 amide bonds. The average molecular weight is 456 g/mol. The molecule has 0 aliphatic carbocycles. The molecule has 0 aliphatic heterocycles. The van der Waals surface area contributed by atoms with Gasteiger partial charge in [-0.3, -0.25) is 4.79 Å². The van der Waals surface area contributed by atoms with Gasteiger partial charge in [0.25, 0.3) is 5.91 Å². The maximum atomic E-state index is 13.3. The van der Waals surface area contributed by atoms with E-state index in [1.54, 1.807) is 54.6 Å². The average Bonchev–Trinajstić information content (AvgIpc) is 2.85. The number of rotatable bonds is 7. The molecule has 0 radical (unpaired) electrons. The molecule has 0 saturated carbocycles. The first kappa shape index (κ1) is 22.5. The summed E-state index contributed by atoms with van der Waals surface area (Å²) in [7, 11) is -3.51. The smallest absolute Gasteiger partial charge is 0.252 e. The third-order valence-electron chi connectivity index (χ3n) is 5.71. The first-order valence-electron chi connectivity index (χ1n) is 10.7. The van der Waals surface area contributed by atoms with E-state index in [-0.39, 0.29) is 16.6 Å². The third kappa shape index (κ3) is 5.04. The topological polar surface area (TPSA) is 63.2 Å². The molecule has 0 fully saturated rings. The summed E-state index contributed by atoms with van der Waals surface area (Å²) in [5.41, 5.74) is 2.12. The molecule has 33 heavy (non-hydrogen) atoms. The van der Waals surface area contributed by atoms with E-state index in [0.29, 0.717) is 11.1 Å². The van der Waals surface area contributed by atoms with Gasteiger partial charge in [0, 0.05) is 5.56 Å². The monoisotopic (exact) mass is 455 g/mol. The molecule has 4 rings (SSSR count). The summed E-state index contributed by atoms with van der Waals surface area (Å²) in [5.74, 6) is -0.448. The van der Waals surface area contributed by atoms with Gasteiger partial charge < -0.3 is 5.32 Å². The van der Waals surface area contributed by atoms with Crippen molar-refractivity contribution in [3.8, 4) is 0 Å². The molecule has 0 heterocycles. The van der Waals surface area contributed by atoms with Gasteiger partial charge in [-0.15, -0.1) is 0 Å². The van der Waals surface area contributed by atoms with Crippen molar-refractivity contribution >= 4 is 15.7 Å². The van der Waals surface area contributed by atoms with Gasteiger partial charge in [0.05, 0.1) is 16.2 Å². The number of amides is 1. The van der Waals surface area contributed by atoms with Crippen molar-refractivity contribution in [2.45, 2.75) is 23.1 Å². The summed E-state index contributed by atoms with van der Waals surface area (Å²) >= 11 is 0. The zero-order valence-electron chi connectivity index (χ0n) is 18.3. The minimum atomic E-state index is -3.51.